The molecule has 24 heavy (non-hydrogen) atoms. The molecule has 1 aliphatic rings. The Bertz CT molecular complexity index is 769. The predicted octanol–water partition coefficient (Wildman–Crippen LogP) is 1.66. The molecule has 3 aromatic rings. The molecule has 4 heterocycles. The minimum absolute atomic E-state index is 0.862. The quantitative estimate of drug-likeness (QED) is 0.727. The van der Waals surface area contributed by atoms with Gasteiger partial charge in [-0.1, -0.05) is 0 Å². The molecule has 7 heteroatoms. The normalized spacial score (nSPS) is 14.7. The van der Waals surface area contributed by atoms with Gasteiger partial charge in [-0.2, -0.15) is 0 Å². The average molecular weight is 319 g/mol. The van der Waals surface area contributed by atoms with Crippen LogP contribution in [0.3, 0.4) is 0 Å². The first-order valence-electron chi connectivity index (χ1n) is 7.90. The number of rotatable bonds is 3. The topological polar surface area (TPSA) is 70.9 Å². The molecule has 7 nitrogen and oxygen atoms in total. The number of hydrogen-bond donors (Lipinski definition) is 0. The van der Waals surface area contributed by atoms with E-state index >= 15 is 0 Å². The van der Waals surface area contributed by atoms with Crippen molar-refractivity contribution in [3.05, 3.63) is 55.2 Å². The fraction of sp³-hybridized carbons (Fsp3) is 0.235. The predicted molar refractivity (Wildman–Crippen MR) is 91.7 cm³/mol. The molecule has 0 aromatic carbocycles. The maximum absolute atomic E-state index is 4.39. The standard InChI is InChI=1S/C17H17N7/c1-2-17(22-21-15(1)14-3-6-18-7-4-14)24-11-9-23(10-12-24)16-5-8-19-13-20-16/h1-8,13H,9-12H2. The van der Waals surface area contributed by atoms with Gasteiger partial charge in [-0.25, -0.2) is 9.97 Å². The van der Waals surface area contributed by atoms with E-state index in [1.807, 2.05) is 30.3 Å². The molecule has 4 rings (SSSR count). The first kappa shape index (κ1) is 14.5. The molecule has 0 atom stereocenters. The highest BCUT2D eigenvalue weighted by molar-refractivity contribution is 5.59. The molecule has 1 saturated heterocycles. The lowest BCUT2D eigenvalue weighted by Gasteiger charge is -2.35. The number of piperazine rings is 1. The zero-order valence-electron chi connectivity index (χ0n) is 13.2. The highest BCUT2D eigenvalue weighted by Gasteiger charge is 2.19. The van der Waals surface area contributed by atoms with E-state index < -0.39 is 0 Å². The summed E-state index contributed by atoms with van der Waals surface area (Å²) in [6.07, 6.45) is 6.89. The first-order valence-corrected chi connectivity index (χ1v) is 7.90. The van der Waals surface area contributed by atoms with Crippen LogP contribution >= 0.6 is 0 Å². The van der Waals surface area contributed by atoms with Crippen LogP contribution in [0.2, 0.25) is 0 Å². The summed E-state index contributed by atoms with van der Waals surface area (Å²) in [5, 5.41) is 8.74. The van der Waals surface area contributed by atoms with Crippen molar-refractivity contribution >= 4 is 11.6 Å². The monoisotopic (exact) mass is 319 g/mol. The van der Waals surface area contributed by atoms with E-state index in [1.54, 1.807) is 24.9 Å². The smallest absolute Gasteiger partial charge is 0.151 e. The van der Waals surface area contributed by atoms with E-state index in [0.717, 1.165) is 49.1 Å². The van der Waals surface area contributed by atoms with Crippen molar-refractivity contribution < 1.29 is 0 Å². The SMILES string of the molecule is c1cc(-c2ccc(N3CCN(c4ccncn4)CC3)nn2)ccn1. The molecule has 0 aliphatic carbocycles. The van der Waals surface area contributed by atoms with Gasteiger partial charge in [0.05, 0.1) is 5.69 Å². The van der Waals surface area contributed by atoms with Crippen LogP contribution in [0, 0.1) is 0 Å². The van der Waals surface area contributed by atoms with E-state index in [2.05, 4.69) is 34.9 Å². The molecular weight excluding hydrogens is 302 g/mol. The van der Waals surface area contributed by atoms with Crippen LogP contribution in [0.15, 0.2) is 55.2 Å². The summed E-state index contributed by atoms with van der Waals surface area (Å²) >= 11 is 0. The second kappa shape index (κ2) is 6.57. The van der Waals surface area contributed by atoms with Crippen molar-refractivity contribution in [2.75, 3.05) is 36.0 Å². The third-order valence-electron chi connectivity index (χ3n) is 4.12. The molecule has 120 valence electrons. The van der Waals surface area contributed by atoms with Gasteiger partial charge >= 0.3 is 0 Å². The maximum atomic E-state index is 4.39. The molecule has 0 radical (unpaired) electrons. The molecule has 0 amide bonds. The van der Waals surface area contributed by atoms with Gasteiger partial charge in [-0.05, 0) is 30.3 Å². The summed E-state index contributed by atoms with van der Waals surface area (Å²) in [4.78, 5) is 16.8. The van der Waals surface area contributed by atoms with Crippen molar-refractivity contribution in [1.29, 1.82) is 0 Å². The Morgan fingerprint density at radius 1 is 0.667 bits per heavy atom. The fourth-order valence-corrected chi connectivity index (χ4v) is 2.81. The minimum Gasteiger partial charge on any atom is -0.353 e. The Morgan fingerprint density at radius 3 is 2.00 bits per heavy atom. The van der Waals surface area contributed by atoms with Crippen molar-refractivity contribution in [3.8, 4) is 11.3 Å². The third-order valence-corrected chi connectivity index (χ3v) is 4.12. The van der Waals surface area contributed by atoms with Gasteiger partial charge in [-0.15, -0.1) is 10.2 Å². The highest BCUT2D eigenvalue weighted by atomic mass is 15.3. The van der Waals surface area contributed by atoms with Gasteiger partial charge in [0, 0.05) is 50.3 Å². The number of aromatic nitrogens is 5. The summed E-state index contributed by atoms with van der Waals surface area (Å²) in [5.41, 5.74) is 1.89. The summed E-state index contributed by atoms with van der Waals surface area (Å²) < 4.78 is 0. The number of pyridine rings is 1. The second-order valence-electron chi connectivity index (χ2n) is 5.55. The molecule has 0 spiro atoms. The fourth-order valence-electron chi connectivity index (χ4n) is 2.81. The van der Waals surface area contributed by atoms with E-state index in [9.17, 15) is 0 Å². The van der Waals surface area contributed by atoms with Crippen molar-refractivity contribution in [1.82, 2.24) is 25.1 Å². The van der Waals surface area contributed by atoms with E-state index in [-0.39, 0.29) is 0 Å². The molecule has 0 N–H and O–H groups in total. The van der Waals surface area contributed by atoms with Crippen LogP contribution in [-0.4, -0.2) is 51.3 Å². The molecule has 0 saturated carbocycles. The molecule has 3 aromatic heterocycles. The lowest BCUT2D eigenvalue weighted by molar-refractivity contribution is 0.637. The average Bonchev–Trinajstić information content (AvgIpc) is 2.70. The van der Waals surface area contributed by atoms with E-state index in [1.165, 1.54) is 0 Å². The van der Waals surface area contributed by atoms with Crippen molar-refractivity contribution in [3.63, 3.8) is 0 Å². The Labute approximate surface area is 140 Å². The van der Waals surface area contributed by atoms with Gasteiger partial charge in [0.2, 0.25) is 0 Å². The summed E-state index contributed by atoms with van der Waals surface area (Å²) in [7, 11) is 0. The lowest BCUT2D eigenvalue weighted by Crippen LogP contribution is -2.47. The number of hydrogen-bond acceptors (Lipinski definition) is 7. The van der Waals surface area contributed by atoms with Crippen LogP contribution < -0.4 is 9.80 Å². The van der Waals surface area contributed by atoms with Crippen LogP contribution in [0.1, 0.15) is 0 Å². The molecule has 0 bridgehead atoms. The van der Waals surface area contributed by atoms with Gasteiger partial charge in [-0.3, -0.25) is 4.98 Å². The number of anilines is 2. The minimum atomic E-state index is 0.862. The summed E-state index contributed by atoms with van der Waals surface area (Å²) in [5.74, 6) is 1.89. The zero-order chi connectivity index (χ0) is 16.2. The van der Waals surface area contributed by atoms with Gasteiger partial charge in [0.15, 0.2) is 5.82 Å². The van der Waals surface area contributed by atoms with Gasteiger partial charge in [0.25, 0.3) is 0 Å². The van der Waals surface area contributed by atoms with Crippen LogP contribution in [0.4, 0.5) is 11.6 Å². The highest BCUT2D eigenvalue weighted by Crippen LogP contribution is 2.19. The number of nitrogens with zero attached hydrogens (tertiary/aromatic N) is 7. The Hall–Kier alpha value is -3.09. The largest absolute Gasteiger partial charge is 0.353 e. The van der Waals surface area contributed by atoms with E-state index in [0.29, 0.717) is 0 Å². The molecule has 1 aliphatic heterocycles. The van der Waals surface area contributed by atoms with Crippen molar-refractivity contribution in [2.45, 2.75) is 0 Å². The summed E-state index contributed by atoms with van der Waals surface area (Å²) in [6.45, 7) is 3.61. The second-order valence-corrected chi connectivity index (χ2v) is 5.55. The van der Waals surface area contributed by atoms with Gasteiger partial charge in [0.1, 0.15) is 12.1 Å². The first-order chi connectivity index (χ1) is 11.9. The molecule has 1 fully saturated rings. The maximum Gasteiger partial charge on any atom is 0.151 e. The van der Waals surface area contributed by atoms with Crippen LogP contribution in [0.25, 0.3) is 11.3 Å². The van der Waals surface area contributed by atoms with Crippen LogP contribution in [-0.2, 0) is 0 Å². The Balaban J connectivity index is 1.43. The Morgan fingerprint density at radius 2 is 1.38 bits per heavy atom. The van der Waals surface area contributed by atoms with Crippen LogP contribution in [0.5, 0.6) is 0 Å². The zero-order valence-corrected chi connectivity index (χ0v) is 13.2. The lowest BCUT2D eigenvalue weighted by atomic mass is 10.2. The molecular formula is C17H17N7. The van der Waals surface area contributed by atoms with Crippen molar-refractivity contribution in [2.24, 2.45) is 0 Å². The summed E-state index contributed by atoms with van der Waals surface area (Å²) in [6, 6.07) is 9.85. The molecule has 0 unspecified atom stereocenters. The Kier molecular flexibility index (Phi) is 3.97. The third kappa shape index (κ3) is 3.01. The van der Waals surface area contributed by atoms with E-state index in [4.69, 9.17) is 0 Å². The van der Waals surface area contributed by atoms with Gasteiger partial charge < -0.3 is 9.80 Å².